The van der Waals surface area contributed by atoms with Gasteiger partial charge in [-0.2, -0.15) is 0 Å². The van der Waals surface area contributed by atoms with Crippen LogP contribution in [0.15, 0.2) is 24.3 Å². The van der Waals surface area contributed by atoms with E-state index in [0.717, 1.165) is 24.4 Å². The first kappa shape index (κ1) is 11.1. The van der Waals surface area contributed by atoms with Crippen molar-refractivity contribution in [3.63, 3.8) is 0 Å². The summed E-state index contributed by atoms with van der Waals surface area (Å²) in [6.07, 6.45) is 7.09. The number of methoxy groups -OCH3 is 1. The largest absolute Gasteiger partial charge is 0.497 e. The second-order valence-electron chi connectivity index (χ2n) is 5.34. The molecule has 0 saturated carbocycles. The molecule has 2 heterocycles. The first-order valence-corrected chi connectivity index (χ1v) is 6.75. The number of ether oxygens (including phenoxy) is 1. The quantitative estimate of drug-likeness (QED) is 0.792. The molecule has 1 aromatic carbocycles. The van der Waals surface area contributed by atoms with Crippen LogP contribution in [0, 0.1) is 0 Å². The topological polar surface area (TPSA) is 12.5 Å². The van der Waals surface area contributed by atoms with E-state index >= 15 is 0 Å². The van der Waals surface area contributed by atoms with E-state index in [1.54, 1.807) is 7.11 Å². The molecular formula is C15H21NO. The lowest BCUT2D eigenvalue weighted by Crippen LogP contribution is -2.38. The molecule has 0 radical (unpaired) electrons. The number of rotatable bonds is 3. The summed E-state index contributed by atoms with van der Waals surface area (Å²) < 4.78 is 5.20. The highest BCUT2D eigenvalue weighted by Gasteiger charge is 2.35. The van der Waals surface area contributed by atoms with Crippen LogP contribution < -0.4 is 4.74 Å². The van der Waals surface area contributed by atoms with E-state index in [1.807, 2.05) is 0 Å². The van der Waals surface area contributed by atoms with Gasteiger partial charge in [0.05, 0.1) is 7.11 Å². The zero-order valence-corrected chi connectivity index (χ0v) is 10.6. The summed E-state index contributed by atoms with van der Waals surface area (Å²) in [6, 6.07) is 10.3. The highest BCUT2D eigenvalue weighted by molar-refractivity contribution is 5.27. The molecule has 2 atom stereocenters. The van der Waals surface area contributed by atoms with Gasteiger partial charge in [0.25, 0.3) is 0 Å². The van der Waals surface area contributed by atoms with Crippen LogP contribution >= 0.6 is 0 Å². The van der Waals surface area contributed by atoms with Gasteiger partial charge in [-0.25, -0.2) is 0 Å². The molecule has 0 N–H and O–H groups in total. The monoisotopic (exact) mass is 231 g/mol. The molecule has 92 valence electrons. The number of hydrogen-bond acceptors (Lipinski definition) is 2. The third-order valence-electron chi connectivity index (χ3n) is 4.37. The maximum Gasteiger partial charge on any atom is 0.118 e. The Morgan fingerprint density at radius 2 is 1.71 bits per heavy atom. The molecule has 3 rings (SSSR count). The van der Waals surface area contributed by atoms with Crippen LogP contribution in [0.5, 0.6) is 5.75 Å². The van der Waals surface area contributed by atoms with Gasteiger partial charge in [-0.3, -0.25) is 4.90 Å². The summed E-state index contributed by atoms with van der Waals surface area (Å²) in [5.74, 6) is 0.954. The van der Waals surface area contributed by atoms with Crippen molar-refractivity contribution in [2.45, 2.75) is 50.7 Å². The summed E-state index contributed by atoms with van der Waals surface area (Å²) in [6.45, 7) is 1.12. The second kappa shape index (κ2) is 4.69. The van der Waals surface area contributed by atoms with E-state index < -0.39 is 0 Å². The van der Waals surface area contributed by atoms with Crippen LogP contribution in [-0.4, -0.2) is 24.1 Å². The van der Waals surface area contributed by atoms with Crippen molar-refractivity contribution >= 4 is 0 Å². The molecule has 2 saturated heterocycles. The van der Waals surface area contributed by atoms with Crippen LogP contribution in [0.2, 0.25) is 0 Å². The first-order valence-electron chi connectivity index (χ1n) is 6.75. The van der Waals surface area contributed by atoms with Crippen LogP contribution in [0.1, 0.15) is 37.7 Å². The van der Waals surface area contributed by atoms with Gasteiger partial charge in [-0.15, -0.1) is 0 Å². The van der Waals surface area contributed by atoms with Crippen LogP contribution in [-0.2, 0) is 6.54 Å². The Hall–Kier alpha value is -1.02. The minimum absolute atomic E-state index is 0.857. The van der Waals surface area contributed by atoms with Gasteiger partial charge in [0.1, 0.15) is 5.75 Å². The van der Waals surface area contributed by atoms with E-state index in [4.69, 9.17) is 4.74 Å². The van der Waals surface area contributed by atoms with Gasteiger partial charge < -0.3 is 4.74 Å². The molecule has 0 aliphatic carbocycles. The molecule has 2 aliphatic rings. The van der Waals surface area contributed by atoms with E-state index in [1.165, 1.54) is 37.7 Å². The predicted molar refractivity (Wildman–Crippen MR) is 69.2 cm³/mol. The zero-order chi connectivity index (χ0) is 11.7. The third-order valence-corrected chi connectivity index (χ3v) is 4.37. The van der Waals surface area contributed by atoms with Crippen LogP contribution in [0.25, 0.3) is 0 Å². The van der Waals surface area contributed by atoms with Crippen molar-refractivity contribution in [2.75, 3.05) is 7.11 Å². The molecular weight excluding hydrogens is 210 g/mol. The van der Waals surface area contributed by atoms with Crippen molar-refractivity contribution in [1.29, 1.82) is 0 Å². The normalized spacial score (nSPS) is 28.3. The van der Waals surface area contributed by atoms with Gasteiger partial charge in [0.2, 0.25) is 0 Å². The Morgan fingerprint density at radius 1 is 1.06 bits per heavy atom. The van der Waals surface area contributed by atoms with Gasteiger partial charge >= 0.3 is 0 Å². The number of benzene rings is 1. The lowest BCUT2D eigenvalue weighted by atomic mass is 10.0. The molecule has 2 nitrogen and oxygen atoms in total. The van der Waals surface area contributed by atoms with Crippen molar-refractivity contribution < 1.29 is 4.74 Å². The second-order valence-corrected chi connectivity index (χ2v) is 5.34. The smallest absolute Gasteiger partial charge is 0.118 e. The Bertz CT molecular complexity index is 357. The fourth-order valence-electron chi connectivity index (χ4n) is 3.42. The number of nitrogens with zero attached hydrogens (tertiary/aromatic N) is 1. The number of fused-ring (bicyclic) bond motifs is 2. The van der Waals surface area contributed by atoms with Gasteiger partial charge in [-0.1, -0.05) is 18.6 Å². The molecule has 2 bridgehead atoms. The average Bonchev–Trinajstić information content (AvgIpc) is 2.62. The van der Waals surface area contributed by atoms with Gasteiger partial charge in [0, 0.05) is 18.6 Å². The van der Waals surface area contributed by atoms with E-state index in [0.29, 0.717) is 0 Å². The van der Waals surface area contributed by atoms with E-state index in [2.05, 4.69) is 29.2 Å². The molecule has 0 amide bonds. The molecule has 1 aromatic rings. The summed E-state index contributed by atoms with van der Waals surface area (Å²) in [4.78, 5) is 2.73. The molecule has 2 heteroatoms. The lowest BCUT2D eigenvalue weighted by Gasteiger charge is -2.34. The zero-order valence-electron chi connectivity index (χ0n) is 10.6. The van der Waals surface area contributed by atoms with Crippen molar-refractivity contribution in [2.24, 2.45) is 0 Å². The highest BCUT2D eigenvalue weighted by atomic mass is 16.5. The van der Waals surface area contributed by atoms with Crippen molar-refractivity contribution in [3.05, 3.63) is 29.8 Å². The fraction of sp³-hybridized carbons (Fsp3) is 0.600. The third kappa shape index (κ3) is 2.19. The molecule has 0 aromatic heterocycles. The van der Waals surface area contributed by atoms with Crippen molar-refractivity contribution in [3.8, 4) is 5.75 Å². The predicted octanol–water partition coefficient (Wildman–Crippen LogP) is 3.21. The Kier molecular flexibility index (Phi) is 3.06. The van der Waals surface area contributed by atoms with Gasteiger partial charge in [0.15, 0.2) is 0 Å². The molecule has 2 aliphatic heterocycles. The first-order chi connectivity index (χ1) is 8.36. The highest BCUT2D eigenvalue weighted by Crippen LogP contribution is 2.36. The summed E-state index contributed by atoms with van der Waals surface area (Å²) in [5, 5.41) is 0. The Balaban J connectivity index is 1.69. The van der Waals surface area contributed by atoms with Crippen molar-refractivity contribution in [1.82, 2.24) is 4.90 Å². The summed E-state index contributed by atoms with van der Waals surface area (Å²) in [7, 11) is 1.72. The maximum atomic E-state index is 5.20. The molecule has 2 fully saturated rings. The van der Waals surface area contributed by atoms with Crippen LogP contribution in [0.4, 0.5) is 0 Å². The molecule has 17 heavy (non-hydrogen) atoms. The van der Waals surface area contributed by atoms with Gasteiger partial charge in [-0.05, 0) is 43.4 Å². The number of hydrogen-bond donors (Lipinski definition) is 0. The summed E-state index contributed by atoms with van der Waals surface area (Å²) in [5.41, 5.74) is 1.42. The lowest BCUT2D eigenvalue weighted by molar-refractivity contribution is 0.132. The maximum absolute atomic E-state index is 5.20. The average molecular weight is 231 g/mol. The standard InChI is InChI=1S/C15H21NO/c1-17-15-9-5-12(6-10-15)11-16-13-3-2-4-14(16)8-7-13/h5-6,9-10,13-14H,2-4,7-8,11H2,1H3/t13-,14+. The molecule has 0 unspecified atom stereocenters. The SMILES string of the molecule is COc1ccc(CN2[C@@H]3CCC[C@H]2CC3)cc1. The number of piperidine rings is 1. The van der Waals surface area contributed by atoms with E-state index in [-0.39, 0.29) is 0 Å². The molecule has 0 spiro atoms. The summed E-state index contributed by atoms with van der Waals surface area (Å²) >= 11 is 0. The Labute approximate surface area is 104 Å². The minimum Gasteiger partial charge on any atom is -0.497 e. The van der Waals surface area contributed by atoms with Crippen LogP contribution in [0.3, 0.4) is 0 Å². The Morgan fingerprint density at radius 3 is 2.29 bits per heavy atom. The van der Waals surface area contributed by atoms with E-state index in [9.17, 15) is 0 Å². The minimum atomic E-state index is 0.857. The fourth-order valence-corrected chi connectivity index (χ4v) is 3.42.